The third-order valence-electron chi connectivity index (χ3n) is 8.60. The number of carbonyl (C=O) groups excluding carboxylic acids is 9. The molecule has 0 unspecified atom stereocenters. The van der Waals surface area contributed by atoms with E-state index in [2.05, 4.69) is 59.2 Å². The standard InChI is InChI=1S/C43H52O18/c1-13-30(44)53-24-28(26(11)43(60-37(51)20-8)61-38(52)21-9)41(25(10)22-39(56-33(47)16-4)57-34(48)17-5)42(27(12)54-31(45)14-2)29(55-32(46)15-3)23-40(58-35(49)18-6)59-36(50)19-7/h13-21,25-29,39-43H,1-9,22-24H2,10-12H3/t25-,26+,27+,28-,29-,41+,42+/m1/s1. The fourth-order valence-electron chi connectivity index (χ4n) is 5.96. The van der Waals surface area contributed by atoms with E-state index in [1.54, 1.807) is 0 Å². The average Bonchev–Trinajstić information content (AvgIpc) is 3.24. The van der Waals surface area contributed by atoms with Gasteiger partial charge in [0.05, 0.1) is 13.0 Å². The SMILES string of the molecule is C=CC(=O)OC[C@@H]([C@@H]([C@@H]([C@H](C)OC(=O)C=C)[C@@H](CC(OC(=O)C=C)OC(=O)C=C)OC(=O)C=C)[C@H](C)CC(OC(=O)C=C)OC(=O)C=C)[C@H](C)C(OC(=O)C=C)OC(=O)C=C. The molecule has 0 bridgehead atoms. The maximum absolute atomic E-state index is 13.2. The zero-order valence-corrected chi connectivity index (χ0v) is 34.3. The van der Waals surface area contributed by atoms with Crippen molar-refractivity contribution >= 4 is 53.7 Å². The minimum Gasteiger partial charge on any atom is -0.462 e. The van der Waals surface area contributed by atoms with Gasteiger partial charge in [-0.3, -0.25) is 0 Å². The van der Waals surface area contributed by atoms with Gasteiger partial charge in [-0.25, -0.2) is 43.2 Å². The Labute approximate surface area is 353 Å². The van der Waals surface area contributed by atoms with Crippen molar-refractivity contribution < 1.29 is 85.8 Å². The molecule has 0 aromatic heterocycles. The lowest BCUT2D eigenvalue weighted by Crippen LogP contribution is -2.51. The van der Waals surface area contributed by atoms with Crippen molar-refractivity contribution in [2.75, 3.05) is 6.61 Å². The molecule has 332 valence electrons. The summed E-state index contributed by atoms with van der Waals surface area (Å²) in [4.78, 5) is 114. The normalized spacial score (nSPS) is 13.9. The first-order valence-corrected chi connectivity index (χ1v) is 18.2. The van der Waals surface area contributed by atoms with Gasteiger partial charge in [0, 0.05) is 78.9 Å². The molecular formula is C43H52O18. The first kappa shape index (κ1) is 53.9. The Bertz CT molecular complexity index is 1640. The van der Waals surface area contributed by atoms with Gasteiger partial charge in [0.1, 0.15) is 12.2 Å². The summed E-state index contributed by atoms with van der Waals surface area (Å²) < 4.78 is 49.2. The van der Waals surface area contributed by atoms with Crippen molar-refractivity contribution in [2.24, 2.45) is 29.6 Å². The highest BCUT2D eigenvalue weighted by Gasteiger charge is 2.50. The van der Waals surface area contributed by atoms with Gasteiger partial charge >= 0.3 is 53.7 Å². The fraction of sp³-hybridized carbons (Fsp3) is 0.372. The van der Waals surface area contributed by atoms with E-state index >= 15 is 0 Å². The van der Waals surface area contributed by atoms with Crippen LogP contribution in [0.4, 0.5) is 0 Å². The molecule has 7 atom stereocenters. The highest BCUT2D eigenvalue weighted by Crippen LogP contribution is 2.44. The molecular weight excluding hydrogens is 804 g/mol. The molecule has 0 aliphatic carbocycles. The lowest BCUT2D eigenvalue weighted by molar-refractivity contribution is -0.209. The van der Waals surface area contributed by atoms with Crippen molar-refractivity contribution in [2.45, 2.75) is 64.7 Å². The molecule has 18 nitrogen and oxygen atoms in total. The smallest absolute Gasteiger partial charge is 0.333 e. The van der Waals surface area contributed by atoms with Crippen LogP contribution in [0.3, 0.4) is 0 Å². The van der Waals surface area contributed by atoms with Crippen molar-refractivity contribution in [3.63, 3.8) is 0 Å². The van der Waals surface area contributed by atoms with Gasteiger partial charge in [0.2, 0.25) is 6.29 Å². The minimum absolute atomic E-state index is 0.451. The number of carbonyl (C=O) groups is 9. The van der Waals surface area contributed by atoms with Gasteiger partial charge in [0.25, 0.3) is 12.6 Å². The molecule has 0 aliphatic rings. The van der Waals surface area contributed by atoms with Crippen LogP contribution in [-0.4, -0.2) is 91.4 Å². The van der Waals surface area contributed by atoms with Crippen LogP contribution in [0.15, 0.2) is 114 Å². The van der Waals surface area contributed by atoms with Crippen LogP contribution >= 0.6 is 0 Å². The van der Waals surface area contributed by atoms with Gasteiger partial charge < -0.3 is 42.6 Å². The highest BCUT2D eigenvalue weighted by molar-refractivity contribution is 5.85. The summed E-state index contributed by atoms with van der Waals surface area (Å²) in [6.07, 6.45) is -2.77. The summed E-state index contributed by atoms with van der Waals surface area (Å²) in [7, 11) is 0. The molecule has 0 spiro atoms. The molecule has 0 amide bonds. The van der Waals surface area contributed by atoms with Crippen LogP contribution in [0.25, 0.3) is 0 Å². The third-order valence-corrected chi connectivity index (χ3v) is 8.60. The maximum Gasteiger partial charge on any atom is 0.333 e. The number of esters is 9. The van der Waals surface area contributed by atoms with E-state index in [4.69, 9.17) is 42.6 Å². The monoisotopic (exact) mass is 856 g/mol. The van der Waals surface area contributed by atoms with Gasteiger partial charge in [-0.2, -0.15) is 0 Å². The maximum atomic E-state index is 13.2. The average molecular weight is 857 g/mol. The number of hydrogen-bond donors (Lipinski definition) is 0. The summed E-state index contributed by atoms with van der Waals surface area (Å²) >= 11 is 0. The van der Waals surface area contributed by atoms with Gasteiger partial charge in [-0.15, -0.1) is 0 Å². The molecule has 0 heterocycles. The van der Waals surface area contributed by atoms with Crippen LogP contribution in [0.1, 0.15) is 33.6 Å². The minimum atomic E-state index is -1.88. The Morgan fingerprint density at radius 3 is 1.11 bits per heavy atom. The predicted molar refractivity (Wildman–Crippen MR) is 214 cm³/mol. The van der Waals surface area contributed by atoms with Gasteiger partial charge in [-0.1, -0.05) is 73.1 Å². The second-order valence-corrected chi connectivity index (χ2v) is 12.6. The Hall–Kier alpha value is -7.11. The van der Waals surface area contributed by atoms with Crippen LogP contribution in [-0.2, 0) is 85.8 Å². The van der Waals surface area contributed by atoms with Crippen LogP contribution in [0.2, 0.25) is 0 Å². The number of ether oxygens (including phenoxy) is 9. The Morgan fingerprint density at radius 1 is 0.410 bits per heavy atom. The van der Waals surface area contributed by atoms with Gasteiger partial charge in [0.15, 0.2) is 0 Å². The summed E-state index contributed by atoms with van der Waals surface area (Å²) in [6.45, 7) is 33.9. The molecule has 0 saturated heterocycles. The molecule has 0 N–H and O–H groups in total. The zero-order chi connectivity index (χ0) is 46.8. The van der Waals surface area contributed by atoms with E-state index in [1.807, 2.05) is 0 Å². The van der Waals surface area contributed by atoms with Crippen molar-refractivity contribution in [3.8, 4) is 0 Å². The van der Waals surface area contributed by atoms with Crippen LogP contribution in [0.5, 0.6) is 0 Å². The van der Waals surface area contributed by atoms with Crippen LogP contribution < -0.4 is 0 Å². The van der Waals surface area contributed by atoms with E-state index in [0.717, 1.165) is 54.7 Å². The first-order chi connectivity index (χ1) is 28.8. The second kappa shape index (κ2) is 28.3. The lowest BCUT2D eigenvalue weighted by Gasteiger charge is -2.46. The molecule has 18 heteroatoms. The van der Waals surface area contributed by atoms with E-state index in [9.17, 15) is 43.2 Å². The largest absolute Gasteiger partial charge is 0.462 e. The zero-order valence-electron chi connectivity index (χ0n) is 34.3. The first-order valence-electron chi connectivity index (χ1n) is 18.2. The lowest BCUT2D eigenvalue weighted by atomic mass is 9.65. The molecule has 0 rings (SSSR count). The molecule has 0 aromatic carbocycles. The number of rotatable bonds is 30. The summed E-state index contributed by atoms with van der Waals surface area (Å²) in [5.41, 5.74) is 0. The molecule has 61 heavy (non-hydrogen) atoms. The summed E-state index contributed by atoms with van der Waals surface area (Å²) in [5, 5.41) is 0. The predicted octanol–water partition coefficient (Wildman–Crippen LogP) is 4.19. The van der Waals surface area contributed by atoms with Crippen molar-refractivity contribution in [1.82, 2.24) is 0 Å². The van der Waals surface area contributed by atoms with E-state index in [1.165, 1.54) is 20.8 Å². The second-order valence-electron chi connectivity index (χ2n) is 12.6. The number of hydrogen-bond acceptors (Lipinski definition) is 18. The third kappa shape index (κ3) is 19.5. The molecule has 0 fully saturated rings. The summed E-state index contributed by atoms with van der Waals surface area (Å²) in [6, 6.07) is 0. The molecule has 0 aromatic rings. The topological polar surface area (TPSA) is 237 Å². The Kier molecular flexibility index (Phi) is 25.0. The Morgan fingerprint density at radius 2 is 0.738 bits per heavy atom. The highest BCUT2D eigenvalue weighted by atomic mass is 16.7. The molecule has 0 aliphatic heterocycles. The molecule has 0 saturated carbocycles. The van der Waals surface area contributed by atoms with E-state index in [-0.39, 0.29) is 0 Å². The summed E-state index contributed by atoms with van der Waals surface area (Å²) in [5.74, 6) is -16.0. The van der Waals surface area contributed by atoms with E-state index < -0.39 is 134 Å². The quantitative estimate of drug-likeness (QED) is 0.0426. The van der Waals surface area contributed by atoms with Crippen molar-refractivity contribution in [3.05, 3.63) is 114 Å². The van der Waals surface area contributed by atoms with Crippen LogP contribution in [0, 0.1) is 29.6 Å². The van der Waals surface area contributed by atoms with Gasteiger partial charge in [-0.05, 0) is 18.8 Å². The molecule has 0 radical (unpaired) electrons. The Balaban J connectivity index is 8.72. The van der Waals surface area contributed by atoms with Crippen molar-refractivity contribution in [1.29, 1.82) is 0 Å². The fourth-order valence-corrected chi connectivity index (χ4v) is 5.96. The van der Waals surface area contributed by atoms with E-state index in [0.29, 0.717) is 0 Å².